The number of anilines is 2. The number of nitrogens with one attached hydrogen (secondary N) is 2. The predicted molar refractivity (Wildman–Crippen MR) is 98.1 cm³/mol. The van der Waals surface area contributed by atoms with Crippen LogP contribution in [0.5, 0.6) is 0 Å². The maximum absolute atomic E-state index is 13.1. The maximum atomic E-state index is 13.1. The molecule has 26 heavy (non-hydrogen) atoms. The van der Waals surface area contributed by atoms with E-state index >= 15 is 0 Å². The van der Waals surface area contributed by atoms with Gasteiger partial charge < -0.3 is 11.1 Å². The number of fused-ring (bicyclic) bond motifs is 1. The van der Waals surface area contributed by atoms with Gasteiger partial charge in [-0.05, 0) is 29.8 Å². The Kier molecular flexibility index (Phi) is 3.81. The highest BCUT2D eigenvalue weighted by molar-refractivity contribution is 6.10. The number of halogens is 1. The van der Waals surface area contributed by atoms with Gasteiger partial charge >= 0.3 is 0 Å². The molecule has 4 aromatic rings. The fraction of sp³-hybridized carbons (Fsp3) is 0. The zero-order chi connectivity index (χ0) is 18.1. The van der Waals surface area contributed by atoms with Crippen LogP contribution in [-0.4, -0.2) is 21.1 Å². The summed E-state index contributed by atoms with van der Waals surface area (Å²) in [6.07, 6.45) is 1.56. The molecule has 128 valence electrons. The fourth-order valence-electron chi connectivity index (χ4n) is 2.72. The van der Waals surface area contributed by atoms with Crippen LogP contribution in [-0.2, 0) is 0 Å². The van der Waals surface area contributed by atoms with Crippen molar-refractivity contribution in [2.75, 3.05) is 11.1 Å². The zero-order valence-corrected chi connectivity index (χ0v) is 13.5. The number of benzene rings is 2. The van der Waals surface area contributed by atoms with E-state index in [1.54, 1.807) is 24.4 Å². The molecule has 6 nitrogen and oxygen atoms in total. The number of amides is 1. The maximum Gasteiger partial charge on any atom is 0.260 e. The van der Waals surface area contributed by atoms with Crippen LogP contribution >= 0.6 is 0 Å². The molecule has 0 saturated heterocycles. The SMILES string of the molecule is Nc1nc2ccccc2cc1C(=O)Nc1[nH]ncc1-c1ccc(F)cc1. The lowest BCUT2D eigenvalue weighted by atomic mass is 10.1. The summed E-state index contributed by atoms with van der Waals surface area (Å²) in [6, 6.07) is 15.0. The molecule has 0 aliphatic rings. The molecule has 4 N–H and O–H groups in total. The number of aromatic nitrogens is 3. The number of nitrogens with two attached hydrogens (primary N) is 1. The van der Waals surface area contributed by atoms with Crippen LogP contribution in [0.15, 0.2) is 60.8 Å². The van der Waals surface area contributed by atoms with Crippen LogP contribution in [0.4, 0.5) is 16.0 Å². The molecule has 0 aliphatic carbocycles. The first-order valence-electron chi connectivity index (χ1n) is 7.88. The summed E-state index contributed by atoms with van der Waals surface area (Å²) in [5, 5.41) is 10.3. The Bertz CT molecular complexity index is 1100. The van der Waals surface area contributed by atoms with Gasteiger partial charge in [0.2, 0.25) is 0 Å². The quantitative estimate of drug-likeness (QED) is 0.527. The summed E-state index contributed by atoms with van der Waals surface area (Å²) in [5.74, 6) is -0.204. The average Bonchev–Trinajstić information content (AvgIpc) is 3.09. The van der Waals surface area contributed by atoms with Crippen LogP contribution in [0.3, 0.4) is 0 Å². The number of aromatic amines is 1. The molecule has 0 aliphatic heterocycles. The largest absolute Gasteiger partial charge is 0.383 e. The van der Waals surface area contributed by atoms with Gasteiger partial charge in [-0.1, -0.05) is 30.3 Å². The predicted octanol–water partition coefficient (Wildman–Crippen LogP) is 3.60. The summed E-state index contributed by atoms with van der Waals surface area (Å²) in [6.45, 7) is 0. The second kappa shape index (κ2) is 6.29. The van der Waals surface area contributed by atoms with E-state index in [9.17, 15) is 9.18 Å². The summed E-state index contributed by atoms with van der Waals surface area (Å²) in [5.41, 5.74) is 8.29. The highest BCUT2D eigenvalue weighted by Gasteiger charge is 2.16. The first-order valence-corrected chi connectivity index (χ1v) is 7.88. The summed E-state index contributed by atoms with van der Waals surface area (Å²) < 4.78 is 13.1. The van der Waals surface area contributed by atoms with E-state index in [1.807, 2.05) is 24.3 Å². The summed E-state index contributed by atoms with van der Waals surface area (Å²) in [4.78, 5) is 16.9. The molecule has 0 fully saturated rings. The molecular weight excluding hydrogens is 333 g/mol. The molecule has 0 saturated carbocycles. The van der Waals surface area contributed by atoms with Crippen LogP contribution in [0.2, 0.25) is 0 Å². The Morgan fingerprint density at radius 2 is 1.88 bits per heavy atom. The van der Waals surface area contributed by atoms with Crippen LogP contribution in [0.1, 0.15) is 10.4 Å². The molecule has 4 rings (SSSR count). The van der Waals surface area contributed by atoms with Gasteiger partial charge in [0.05, 0.1) is 17.3 Å². The lowest BCUT2D eigenvalue weighted by Gasteiger charge is -2.09. The van der Waals surface area contributed by atoms with Gasteiger partial charge in [0, 0.05) is 10.9 Å². The van der Waals surface area contributed by atoms with Gasteiger partial charge in [-0.25, -0.2) is 9.37 Å². The number of carbonyl (C=O) groups excluding carboxylic acids is 1. The Morgan fingerprint density at radius 1 is 1.12 bits per heavy atom. The monoisotopic (exact) mass is 347 g/mol. The highest BCUT2D eigenvalue weighted by Crippen LogP contribution is 2.27. The highest BCUT2D eigenvalue weighted by atomic mass is 19.1. The van der Waals surface area contributed by atoms with Crippen molar-refractivity contribution >= 4 is 28.4 Å². The molecule has 0 radical (unpaired) electrons. The number of hydrogen-bond acceptors (Lipinski definition) is 4. The summed E-state index contributed by atoms with van der Waals surface area (Å²) in [7, 11) is 0. The van der Waals surface area contributed by atoms with Crippen LogP contribution in [0, 0.1) is 5.82 Å². The first kappa shape index (κ1) is 15.8. The number of rotatable bonds is 3. The van der Waals surface area contributed by atoms with Crippen LogP contribution < -0.4 is 11.1 Å². The van der Waals surface area contributed by atoms with Crippen LogP contribution in [0.25, 0.3) is 22.0 Å². The number of pyridine rings is 1. The Labute approximate surface area is 147 Å². The molecule has 0 atom stereocenters. The molecule has 2 aromatic carbocycles. The standard InChI is InChI=1S/C19H14FN5O/c20-13-7-5-11(6-8-13)15-10-22-25-18(15)24-19(26)14-9-12-3-1-2-4-16(12)23-17(14)21/h1-10H,(H2,21,23)(H2,22,24,25,26). The number of nitrogen functional groups attached to an aromatic ring is 1. The van der Waals surface area contributed by atoms with Gasteiger partial charge in [-0.2, -0.15) is 5.10 Å². The van der Waals surface area contributed by atoms with E-state index in [4.69, 9.17) is 5.73 Å². The van der Waals surface area contributed by atoms with Crippen molar-refractivity contribution in [3.63, 3.8) is 0 Å². The van der Waals surface area contributed by atoms with Gasteiger partial charge in [0.15, 0.2) is 0 Å². The van der Waals surface area contributed by atoms with E-state index in [-0.39, 0.29) is 17.2 Å². The topological polar surface area (TPSA) is 96.7 Å². The van der Waals surface area contributed by atoms with E-state index < -0.39 is 5.91 Å². The van der Waals surface area contributed by atoms with Gasteiger partial charge in [-0.3, -0.25) is 9.89 Å². The molecule has 0 unspecified atom stereocenters. The number of nitrogens with zero attached hydrogens (tertiary/aromatic N) is 2. The van der Waals surface area contributed by atoms with Crippen molar-refractivity contribution in [3.05, 3.63) is 72.2 Å². The van der Waals surface area contributed by atoms with E-state index in [0.29, 0.717) is 11.4 Å². The number of H-pyrrole nitrogens is 1. The lowest BCUT2D eigenvalue weighted by Crippen LogP contribution is -2.15. The third kappa shape index (κ3) is 2.86. The second-order valence-electron chi connectivity index (χ2n) is 5.73. The average molecular weight is 347 g/mol. The lowest BCUT2D eigenvalue weighted by molar-refractivity contribution is 0.102. The van der Waals surface area contributed by atoms with Crippen molar-refractivity contribution in [1.82, 2.24) is 15.2 Å². The van der Waals surface area contributed by atoms with E-state index in [2.05, 4.69) is 20.5 Å². The van der Waals surface area contributed by atoms with Crippen molar-refractivity contribution < 1.29 is 9.18 Å². The minimum Gasteiger partial charge on any atom is -0.383 e. The normalized spacial score (nSPS) is 10.8. The molecule has 2 heterocycles. The van der Waals surface area contributed by atoms with E-state index in [0.717, 1.165) is 16.5 Å². The smallest absolute Gasteiger partial charge is 0.260 e. The van der Waals surface area contributed by atoms with Gasteiger partial charge in [-0.15, -0.1) is 0 Å². The zero-order valence-electron chi connectivity index (χ0n) is 13.5. The molecule has 0 bridgehead atoms. The van der Waals surface area contributed by atoms with Crippen molar-refractivity contribution in [2.24, 2.45) is 0 Å². The molecule has 2 aromatic heterocycles. The first-order chi connectivity index (χ1) is 12.6. The molecule has 7 heteroatoms. The minimum absolute atomic E-state index is 0.143. The van der Waals surface area contributed by atoms with Gasteiger partial charge in [0.1, 0.15) is 17.5 Å². The Hall–Kier alpha value is -3.74. The fourth-order valence-corrected chi connectivity index (χ4v) is 2.72. The van der Waals surface area contributed by atoms with E-state index in [1.165, 1.54) is 12.1 Å². The molecule has 1 amide bonds. The van der Waals surface area contributed by atoms with Crippen molar-refractivity contribution in [3.8, 4) is 11.1 Å². The van der Waals surface area contributed by atoms with Crippen molar-refractivity contribution in [2.45, 2.75) is 0 Å². The van der Waals surface area contributed by atoms with Gasteiger partial charge in [0.25, 0.3) is 5.91 Å². The third-order valence-electron chi connectivity index (χ3n) is 4.03. The second-order valence-corrected chi connectivity index (χ2v) is 5.73. The number of carbonyl (C=O) groups is 1. The molecule has 0 spiro atoms. The summed E-state index contributed by atoms with van der Waals surface area (Å²) >= 11 is 0. The molecular formula is C19H14FN5O. The Morgan fingerprint density at radius 3 is 2.69 bits per heavy atom. The Balaban J connectivity index is 1.66. The van der Waals surface area contributed by atoms with Crippen molar-refractivity contribution in [1.29, 1.82) is 0 Å². The third-order valence-corrected chi connectivity index (χ3v) is 4.03. The number of para-hydroxylation sites is 1. The minimum atomic E-state index is -0.409. The number of hydrogen-bond donors (Lipinski definition) is 3.